The molecule has 2 aliphatic rings. The fourth-order valence-electron chi connectivity index (χ4n) is 4.26. The molecule has 3 rings (SSSR count). The van der Waals surface area contributed by atoms with Gasteiger partial charge in [-0.15, -0.1) is 0 Å². The van der Waals surface area contributed by atoms with Crippen molar-refractivity contribution in [2.45, 2.75) is 83.2 Å². The summed E-state index contributed by atoms with van der Waals surface area (Å²) in [6, 6.07) is 1.63. The van der Waals surface area contributed by atoms with E-state index in [9.17, 15) is 0 Å². The van der Waals surface area contributed by atoms with Crippen LogP contribution in [0.2, 0.25) is 0 Å². The number of piperidine rings is 1. The second-order valence-electron chi connectivity index (χ2n) is 7.21. The Bertz CT molecular complexity index is 453. The van der Waals surface area contributed by atoms with Crippen molar-refractivity contribution >= 4 is 5.95 Å². The number of rotatable bonds is 7. The van der Waals surface area contributed by atoms with E-state index in [0.717, 1.165) is 37.4 Å². The van der Waals surface area contributed by atoms with Gasteiger partial charge in [0.25, 0.3) is 0 Å². The minimum atomic E-state index is 0.763. The lowest BCUT2D eigenvalue weighted by molar-refractivity contribution is 0.0933. The van der Waals surface area contributed by atoms with E-state index in [2.05, 4.69) is 27.1 Å². The Hall–Kier alpha value is -1.16. The molecule has 1 atom stereocenters. The third-order valence-corrected chi connectivity index (χ3v) is 5.47. The molecule has 1 aliphatic carbocycles. The van der Waals surface area contributed by atoms with Crippen molar-refractivity contribution in [1.29, 1.82) is 0 Å². The first kappa shape index (κ1) is 16.7. The van der Waals surface area contributed by atoms with Crippen LogP contribution >= 0.6 is 0 Å². The van der Waals surface area contributed by atoms with Crippen molar-refractivity contribution < 1.29 is 0 Å². The summed E-state index contributed by atoms with van der Waals surface area (Å²) in [6.07, 6.45) is 17.2. The van der Waals surface area contributed by atoms with Gasteiger partial charge in [-0.2, -0.15) is 0 Å². The van der Waals surface area contributed by atoms with Crippen LogP contribution in [0.15, 0.2) is 12.4 Å². The van der Waals surface area contributed by atoms with Crippen LogP contribution in [0.4, 0.5) is 5.95 Å². The van der Waals surface area contributed by atoms with E-state index in [0.29, 0.717) is 0 Å². The lowest BCUT2D eigenvalue weighted by Gasteiger charge is -2.40. The molecule has 2 heterocycles. The summed E-state index contributed by atoms with van der Waals surface area (Å²) in [5, 5.41) is 3.42. The molecule has 0 aromatic carbocycles. The molecule has 0 amide bonds. The van der Waals surface area contributed by atoms with E-state index in [1.54, 1.807) is 0 Å². The molecule has 128 valence electrons. The fraction of sp³-hybridized carbons (Fsp3) is 0.789. The highest BCUT2D eigenvalue weighted by Gasteiger charge is 2.30. The molecule has 23 heavy (non-hydrogen) atoms. The number of nitrogens with zero attached hydrogens (tertiary/aromatic N) is 3. The normalized spacial score (nSPS) is 23.3. The van der Waals surface area contributed by atoms with Crippen LogP contribution in [-0.2, 0) is 6.42 Å². The topological polar surface area (TPSA) is 41.1 Å². The summed E-state index contributed by atoms with van der Waals surface area (Å²) >= 11 is 0. The molecule has 2 fully saturated rings. The SMILES string of the molecule is CCCc1cnc(NCCC2CCCCN2C2CCCC2)nc1. The Balaban J connectivity index is 1.46. The van der Waals surface area contributed by atoms with E-state index in [-0.39, 0.29) is 0 Å². The maximum absolute atomic E-state index is 4.44. The predicted octanol–water partition coefficient (Wildman–Crippen LogP) is 4.03. The summed E-state index contributed by atoms with van der Waals surface area (Å²) in [4.78, 5) is 11.7. The van der Waals surface area contributed by atoms with Gasteiger partial charge in [0, 0.05) is 31.0 Å². The summed E-state index contributed by atoms with van der Waals surface area (Å²) in [5.41, 5.74) is 1.23. The lowest BCUT2D eigenvalue weighted by atomic mass is 9.96. The Morgan fingerprint density at radius 1 is 1.09 bits per heavy atom. The number of hydrogen-bond acceptors (Lipinski definition) is 4. The minimum Gasteiger partial charge on any atom is -0.354 e. The Morgan fingerprint density at radius 2 is 1.83 bits per heavy atom. The summed E-state index contributed by atoms with van der Waals surface area (Å²) in [6.45, 7) is 4.49. The van der Waals surface area contributed by atoms with Crippen molar-refractivity contribution in [3.8, 4) is 0 Å². The Labute approximate surface area is 141 Å². The Kier molecular flexibility index (Phi) is 6.26. The van der Waals surface area contributed by atoms with E-state index < -0.39 is 0 Å². The molecular weight excluding hydrogens is 284 g/mol. The average molecular weight is 316 g/mol. The molecular formula is C19H32N4. The van der Waals surface area contributed by atoms with Gasteiger partial charge in [0.1, 0.15) is 0 Å². The van der Waals surface area contributed by atoms with Crippen molar-refractivity contribution in [2.75, 3.05) is 18.4 Å². The van der Waals surface area contributed by atoms with Crippen LogP contribution in [-0.4, -0.2) is 40.0 Å². The second-order valence-corrected chi connectivity index (χ2v) is 7.21. The van der Waals surface area contributed by atoms with Crippen LogP contribution in [0.1, 0.15) is 70.3 Å². The molecule has 1 aromatic heterocycles. The zero-order valence-electron chi connectivity index (χ0n) is 14.6. The van der Waals surface area contributed by atoms with Crippen LogP contribution in [0, 0.1) is 0 Å². The van der Waals surface area contributed by atoms with Gasteiger partial charge in [-0.3, -0.25) is 4.90 Å². The minimum absolute atomic E-state index is 0.763. The maximum atomic E-state index is 4.44. The molecule has 1 saturated heterocycles. The van der Waals surface area contributed by atoms with Crippen LogP contribution in [0.25, 0.3) is 0 Å². The number of anilines is 1. The molecule has 1 unspecified atom stereocenters. The van der Waals surface area contributed by atoms with E-state index in [4.69, 9.17) is 0 Å². The van der Waals surface area contributed by atoms with Crippen molar-refractivity contribution in [3.05, 3.63) is 18.0 Å². The predicted molar refractivity (Wildman–Crippen MR) is 95.7 cm³/mol. The standard InChI is InChI=1S/C19H32N4/c1-2-7-16-14-21-19(22-15-16)20-12-11-18-10-5-6-13-23(18)17-8-3-4-9-17/h14-15,17-18H,2-13H2,1H3,(H,20,21,22). The van der Waals surface area contributed by atoms with Crippen LogP contribution in [0.5, 0.6) is 0 Å². The molecule has 1 N–H and O–H groups in total. The third kappa shape index (κ3) is 4.66. The molecule has 1 aliphatic heterocycles. The largest absolute Gasteiger partial charge is 0.354 e. The number of nitrogens with one attached hydrogen (secondary N) is 1. The summed E-state index contributed by atoms with van der Waals surface area (Å²) in [7, 11) is 0. The van der Waals surface area contributed by atoms with Gasteiger partial charge >= 0.3 is 0 Å². The molecule has 0 radical (unpaired) electrons. The average Bonchev–Trinajstić information content (AvgIpc) is 3.12. The molecule has 4 heteroatoms. The van der Waals surface area contributed by atoms with Gasteiger partial charge in [0.2, 0.25) is 5.95 Å². The monoisotopic (exact) mass is 316 g/mol. The zero-order chi connectivity index (χ0) is 15.9. The lowest BCUT2D eigenvalue weighted by Crippen LogP contribution is -2.45. The maximum Gasteiger partial charge on any atom is 0.222 e. The number of aromatic nitrogens is 2. The number of hydrogen-bond donors (Lipinski definition) is 1. The van der Waals surface area contributed by atoms with Crippen molar-refractivity contribution in [2.24, 2.45) is 0 Å². The van der Waals surface area contributed by atoms with E-state index >= 15 is 0 Å². The fourth-order valence-corrected chi connectivity index (χ4v) is 4.26. The quantitative estimate of drug-likeness (QED) is 0.824. The van der Waals surface area contributed by atoms with Crippen LogP contribution < -0.4 is 5.32 Å². The first-order valence-electron chi connectivity index (χ1n) is 9.67. The van der Waals surface area contributed by atoms with Crippen molar-refractivity contribution in [1.82, 2.24) is 14.9 Å². The first-order chi connectivity index (χ1) is 11.4. The van der Waals surface area contributed by atoms with E-state index in [1.165, 1.54) is 63.5 Å². The highest BCUT2D eigenvalue weighted by atomic mass is 15.2. The first-order valence-corrected chi connectivity index (χ1v) is 9.67. The summed E-state index contributed by atoms with van der Waals surface area (Å²) in [5.74, 6) is 0.785. The third-order valence-electron chi connectivity index (χ3n) is 5.47. The van der Waals surface area contributed by atoms with Crippen LogP contribution in [0.3, 0.4) is 0 Å². The van der Waals surface area contributed by atoms with Gasteiger partial charge in [-0.25, -0.2) is 9.97 Å². The van der Waals surface area contributed by atoms with Gasteiger partial charge in [-0.1, -0.05) is 32.6 Å². The second kappa shape index (κ2) is 8.62. The smallest absolute Gasteiger partial charge is 0.222 e. The van der Waals surface area contributed by atoms with Crippen molar-refractivity contribution in [3.63, 3.8) is 0 Å². The highest BCUT2D eigenvalue weighted by Crippen LogP contribution is 2.30. The number of likely N-dealkylation sites (tertiary alicyclic amines) is 1. The molecule has 1 saturated carbocycles. The van der Waals surface area contributed by atoms with Gasteiger partial charge in [0.05, 0.1) is 0 Å². The van der Waals surface area contributed by atoms with Gasteiger partial charge in [-0.05, 0) is 50.6 Å². The Morgan fingerprint density at radius 3 is 2.57 bits per heavy atom. The zero-order valence-corrected chi connectivity index (χ0v) is 14.6. The van der Waals surface area contributed by atoms with Gasteiger partial charge in [0.15, 0.2) is 0 Å². The van der Waals surface area contributed by atoms with Gasteiger partial charge < -0.3 is 5.32 Å². The number of aryl methyl sites for hydroxylation is 1. The summed E-state index contributed by atoms with van der Waals surface area (Å²) < 4.78 is 0. The molecule has 1 aromatic rings. The molecule has 0 bridgehead atoms. The highest BCUT2D eigenvalue weighted by molar-refractivity contribution is 5.24. The van der Waals surface area contributed by atoms with E-state index in [1.807, 2.05) is 12.4 Å². The molecule has 4 nitrogen and oxygen atoms in total. The molecule has 0 spiro atoms.